The molecule has 0 aliphatic rings. The Hall–Kier alpha value is -1.26. The Bertz CT molecular complexity index is 483. The van der Waals surface area contributed by atoms with Gasteiger partial charge in [-0.3, -0.25) is 0 Å². The Balaban J connectivity index is 2.13. The quantitative estimate of drug-likeness (QED) is 0.890. The molecule has 0 amide bonds. The maximum atomic E-state index is 13.3. The summed E-state index contributed by atoms with van der Waals surface area (Å²) in [4.78, 5) is 4.18. The van der Waals surface area contributed by atoms with Crippen molar-refractivity contribution in [3.05, 3.63) is 51.7 Å². The van der Waals surface area contributed by atoms with E-state index in [1.54, 1.807) is 23.6 Å². The molecule has 1 aromatic carbocycles. The van der Waals surface area contributed by atoms with Crippen LogP contribution in [0.25, 0.3) is 0 Å². The molecule has 1 atom stereocenters. The number of thiazole rings is 1. The van der Waals surface area contributed by atoms with Crippen molar-refractivity contribution in [2.75, 3.05) is 0 Å². The minimum absolute atomic E-state index is 0.260. The second-order valence-corrected chi connectivity index (χ2v) is 4.66. The van der Waals surface area contributed by atoms with Gasteiger partial charge in [-0.2, -0.15) is 0 Å². The topological polar surface area (TPSA) is 33.1 Å². The first kappa shape index (κ1) is 11.2. The predicted molar refractivity (Wildman–Crippen MR) is 61.9 cm³/mol. The lowest BCUT2D eigenvalue weighted by Crippen LogP contribution is -2.03. The molecule has 0 saturated heterocycles. The fourth-order valence-electron chi connectivity index (χ4n) is 1.51. The number of aliphatic hydroxyl groups is 1. The molecule has 0 saturated carbocycles. The van der Waals surface area contributed by atoms with Crippen LogP contribution in [-0.2, 0) is 6.42 Å². The van der Waals surface area contributed by atoms with E-state index in [0.29, 0.717) is 11.3 Å². The number of aliphatic hydroxyl groups excluding tert-OH is 1. The molecule has 1 N–H and O–H groups in total. The van der Waals surface area contributed by atoms with Crippen molar-refractivity contribution in [2.45, 2.75) is 19.4 Å². The number of nitrogens with zero attached hydrogens (tertiary/aromatic N) is 1. The van der Waals surface area contributed by atoms with Gasteiger partial charge in [0.2, 0.25) is 0 Å². The van der Waals surface area contributed by atoms with Crippen molar-refractivity contribution < 1.29 is 9.50 Å². The van der Waals surface area contributed by atoms with Crippen LogP contribution >= 0.6 is 11.3 Å². The van der Waals surface area contributed by atoms with E-state index in [1.165, 1.54) is 17.4 Å². The zero-order valence-corrected chi connectivity index (χ0v) is 9.67. The van der Waals surface area contributed by atoms with Crippen LogP contribution in [0.2, 0.25) is 0 Å². The van der Waals surface area contributed by atoms with Crippen molar-refractivity contribution in [2.24, 2.45) is 0 Å². The van der Waals surface area contributed by atoms with Crippen molar-refractivity contribution in [1.82, 2.24) is 4.98 Å². The number of rotatable bonds is 3. The molecule has 1 unspecified atom stereocenters. The summed E-state index contributed by atoms with van der Waals surface area (Å²) in [5.74, 6) is -0.284. The first-order valence-electron chi connectivity index (χ1n) is 5.00. The third kappa shape index (κ3) is 2.46. The molecular formula is C12H12FNOS. The summed E-state index contributed by atoms with van der Waals surface area (Å²) >= 11 is 1.48. The SMILES string of the molecule is Cc1nc(C(O)Cc2ccccc2F)cs1. The summed E-state index contributed by atoms with van der Waals surface area (Å²) in [6.07, 6.45) is -0.475. The summed E-state index contributed by atoms with van der Waals surface area (Å²) in [6, 6.07) is 6.47. The summed E-state index contributed by atoms with van der Waals surface area (Å²) < 4.78 is 13.3. The third-order valence-corrected chi connectivity index (χ3v) is 3.14. The van der Waals surface area contributed by atoms with E-state index in [9.17, 15) is 9.50 Å². The van der Waals surface area contributed by atoms with Gasteiger partial charge in [0.05, 0.1) is 10.7 Å². The highest BCUT2D eigenvalue weighted by Gasteiger charge is 2.13. The summed E-state index contributed by atoms with van der Waals surface area (Å²) in [7, 11) is 0. The average molecular weight is 237 g/mol. The average Bonchev–Trinajstić information content (AvgIpc) is 2.68. The Morgan fingerprint density at radius 2 is 2.19 bits per heavy atom. The minimum atomic E-state index is -0.734. The van der Waals surface area contributed by atoms with Gasteiger partial charge < -0.3 is 5.11 Å². The largest absolute Gasteiger partial charge is 0.386 e. The molecule has 16 heavy (non-hydrogen) atoms. The molecule has 2 nitrogen and oxygen atoms in total. The first-order valence-corrected chi connectivity index (χ1v) is 5.88. The van der Waals surface area contributed by atoms with Crippen LogP contribution in [0.5, 0.6) is 0 Å². The van der Waals surface area contributed by atoms with E-state index < -0.39 is 6.10 Å². The predicted octanol–water partition coefficient (Wildman–Crippen LogP) is 2.87. The molecule has 1 aromatic heterocycles. The molecule has 2 rings (SSSR count). The van der Waals surface area contributed by atoms with Crippen LogP contribution < -0.4 is 0 Å². The van der Waals surface area contributed by atoms with Crippen molar-refractivity contribution in [3.8, 4) is 0 Å². The summed E-state index contributed by atoms with van der Waals surface area (Å²) in [6.45, 7) is 1.88. The van der Waals surface area contributed by atoms with Gasteiger partial charge in [-0.1, -0.05) is 18.2 Å². The van der Waals surface area contributed by atoms with Gasteiger partial charge in [-0.15, -0.1) is 11.3 Å². The molecule has 0 aliphatic heterocycles. The van der Waals surface area contributed by atoms with Crippen LogP contribution in [0.1, 0.15) is 22.4 Å². The molecule has 0 radical (unpaired) electrons. The second kappa shape index (κ2) is 4.72. The monoisotopic (exact) mass is 237 g/mol. The van der Waals surface area contributed by atoms with Gasteiger partial charge in [0, 0.05) is 11.8 Å². The van der Waals surface area contributed by atoms with E-state index in [4.69, 9.17) is 0 Å². The van der Waals surface area contributed by atoms with E-state index in [-0.39, 0.29) is 12.2 Å². The van der Waals surface area contributed by atoms with Crippen molar-refractivity contribution in [1.29, 1.82) is 0 Å². The van der Waals surface area contributed by atoms with Crippen LogP contribution in [0.4, 0.5) is 4.39 Å². The Morgan fingerprint density at radius 3 is 2.81 bits per heavy atom. The lowest BCUT2D eigenvalue weighted by Gasteiger charge is -2.08. The molecule has 0 aliphatic carbocycles. The van der Waals surface area contributed by atoms with Crippen LogP contribution in [0.15, 0.2) is 29.6 Å². The molecule has 0 spiro atoms. The highest BCUT2D eigenvalue weighted by Crippen LogP contribution is 2.21. The third-order valence-electron chi connectivity index (χ3n) is 2.35. The fraction of sp³-hybridized carbons (Fsp3) is 0.250. The Kier molecular flexibility index (Phi) is 3.31. The molecule has 1 heterocycles. The number of benzene rings is 1. The standard InChI is InChI=1S/C12H12FNOS/c1-8-14-11(7-16-8)12(15)6-9-4-2-3-5-10(9)13/h2-5,7,12,15H,6H2,1H3. The number of halogens is 1. The zero-order valence-electron chi connectivity index (χ0n) is 8.85. The van der Waals surface area contributed by atoms with Crippen molar-refractivity contribution >= 4 is 11.3 Å². The lowest BCUT2D eigenvalue weighted by atomic mass is 10.1. The maximum Gasteiger partial charge on any atom is 0.126 e. The van der Waals surface area contributed by atoms with Gasteiger partial charge >= 0.3 is 0 Å². The van der Waals surface area contributed by atoms with Gasteiger partial charge in [0.25, 0.3) is 0 Å². The van der Waals surface area contributed by atoms with E-state index in [0.717, 1.165) is 5.01 Å². The molecule has 4 heteroatoms. The number of aryl methyl sites for hydroxylation is 1. The van der Waals surface area contributed by atoms with E-state index >= 15 is 0 Å². The number of hydrogen-bond donors (Lipinski definition) is 1. The smallest absolute Gasteiger partial charge is 0.126 e. The maximum absolute atomic E-state index is 13.3. The van der Waals surface area contributed by atoms with Crippen LogP contribution in [0.3, 0.4) is 0 Å². The highest BCUT2D eigenvalue weighted by molar-refractivity contribution is 7.09. The molecular weight excluding hydrogens is 225 g/mol. The van der Waals surface area contributed by atoms with Gasteiger partial charge in [-0.05, 0) is 18.6 Å². The van der Waals surface area contributed by atoms with Gasteiger partial charge in [0.1, 0.15) is 11.9 Å². The van der Waals surface area contributed by atoms with E-state index in [2.05, 4.69) is 4.98 Å². The summed E-state index contributed by atoms with van der Waals surface area (Å²) in [5, 5.41) is 12.6. The Labute approximate surface area is 97.4 Å². The normalized spacial score (nSPS) is 12.7. The Morgan fingerprint density at radius 1 is 1.44 bits per heavy atom. The van der Waals surface area contributed by atoms with E-state index in [1.807, 2.05) is 6.92 Å². The summed E-state index contributed by atoms with van der Waals surface area (Å²) in [5.41, 5.74) is 1.13. The zero-order chi connectivity index (χ0) is 11.5. The number of hydrogen-bond acceptors (Lipinski definition) is 3. The molecule has 0 fully saturated rings. The van der Waals surface area contributed by atoms with Crippen LogP contribution in [0, 0.1) is 12.7 Å². The van der Waals surface area contributed by atoms with Crippen LogP contribution in [-0.4, -0.2) is 10.1 Å². The molecule has 84 valence electrons. The highest BCUT2D eigenvalue weighted by atomic mass is 32.1. The molecule has 0 bridgehead atoms. The van der Waals surface area contributed by atoms with Gasteiger partial charge in [0.15, 0.2) is 0 Å². The lowest BCUT2D eigenvalue weighted by molar-refractivity contribution is 0.173. The number of aromatic nitrogens is 1. The fourth-order valence-corrected chi connectivity index (χ4v) is 2.17. The first-order chi connectivity index (χ1) is 7.66. The minimum Gasteiger partial charge on any atom is -0.386 e. The van der Waals surface area contributed by atoms with Gasteiger partial charge in [-0.25, -0.2) is 9.37 Å². The van der Waals surface area contributed by atoms with Crippen molar-refractivity contribution in [3.63, 3.8) is 0 Å². The molecule has 2 aromatic rings. The second-order valence-electron chi connectivity index (χ2n) is 3.60.